The molecule has 0 heterocycles. The Kier molecular flexibility index (Phi) is 10.7. The third-order valence-electron chi connectivity index (χ3n) is 4.70. The molecule has 0 N–H and O–H groups in total. The van der Waals surface area contributed by atoms with Crippen LogP contribution in [0, 0.1) is 0 Å². The number of ether oxygens (including phenoxy) is 1. The van der Waals surface area contributed by atoms with E-state index in [4.69, 9.17) is 4.74 Å². The third kappa shape index (κ3) is 7.73. The van der Waals surface area contributed by atoms with E-state index in [0.717, 1.165) is 4.62 Å². The molecule has 0 aliphatic rings. The zero-order chi connectivity index (χ0) is 17.0. The Balaban J connectivity index is 2.73. The monoisotopic (exact) mass is 426 g/mol. The Bertz CT molecular complexity index is 409. The molecule has 0 unspecified atom stereocenters. The van der Waals surface area contributed by atoms with Gasteiger partial charge in [0.15, 0.2) is 0 Å². The van der Waals surface area contributed by atoms with Crippen molar-refractivity contribution in [3.8, 4) is 0 Å². The minimum absolute atomic E-state index is 0.129. The van der Waals surface area contributed by atoms with Gasteiger partial charge in [-0.15, -0.1) is 0 Å². The van der Waals surface area contributed by atoms with Crippen molar-refractivity contribution in [2.75, 3.05) is 4.62 Å². The molecule has 0 aliphatic heterocycles. The second-order valence-corrected chi connectivity index (χ2v) is 20.4. The van der Waals surface area contributed by atoms with Crippen LogP contribution in [-0.4, -0.2) is 29.0 Å². The molecule has 0 aliphatic carbocycles. The molecule has 23 heavy (non-hydrogen) atoms. The van der Waals surface area contributed by atoms with Gasteiger partial charge in [0, 0.05) is 0 Å². The van der Waals surface area contributed by atoms with E-state index in [2.05, 4.69) is 20.8 Å². The Morgan fingerprint density at radius 3 is 1.78 bits per heavy atom. The molecule has 0 radical (unpaired) electrons. The van der Waals surface area contributed by atoms with Crippen LogP contribution in [0.4, 0.5) is 0 Å². The fourth-order valence-electron chi connectivity index (χ4n) is 3.12. The molecule has 3 heteroatoms. The minimum atomic E-state index is -2.35. The van der Waals surface area contributed by atoms with Crippen LogP contribution in [-0.2, 0) is 4.74 Å². The van der Waals surface area contributed by atoms with Gasteiger partial charge in [-0.25, -0.2) is 0 Å². The fourth-order valence-corrected chi connectivity index (χ4v) is 17.2. The van der Waals surface area contributed by atoms with Crippen molar-refractivity contribution >= 4 is 24.3 Å². The zero-order valence-electron chi connectivity index (χ0n) is 15.3. The second kappa shape index (κ2) is 11.9. The topological polar surface area (TPSA) is 26.3 Å². The van der Waals surface area contributed by atoms with Gasteiger partial charge in [-0.3, -0.25) is 0 Å². The summed E-state index contributed by atoms with van der Waals surface area (Å²) in [5.41, 5.74) is 0.689. The summed E-state index contributed by atoms with van der Waals surface area (Å²) in [5.74, 6) is -0.129. The summed E-state index contributed by atoms with van der Waals surface area (Å²) >= 11 is -2.35. The summed E-state index contributed by atoms with van der Waals surface area (Å²) in [6.07, 6.45) is 7.70. The van der Waals surface area contributed by atoms with Gasteiger partial charge in [0.25, 0.3) is 0 Å². The van der Waals surface area contributed by atoms with E-state index in [1.165, 1.54) is 51.8 Å². The summed E-state index contributed by atoms with van der Waals surface area (Å²) in [6.45, 7) is 6.81. The number of hydrogen-bond acceptors (Lipinski definition) is 2. The van der Waals surface area contributed by atoms with E-state index in [9.17, 15) is 4.79 Å². The fraction of sp³-hybridized carbons (Fsp3) is 0.650. The molecule has 1 rings (SSSR count). The molecule has 0 amide bonds. The molecule has 130 valence electrons. The number of benzene rings is 1. The Hall–Kier alpha value is -0.511. The van der Waals surface area contributed by atoms with E-state index in [1.807, 2.05) is 30.3 Å². The van der Waals surface area contributed by atoms with Gasteiger partial charge in [-0.2, -0.15) is 0 Å². The molecule has 1 aromatic rings. The van der Waals surface area contributed by atoms with Gasteiger partial charge < -0.3 is 0 Å². The van der Waals surface area contributed by atoms with Crippen LogP contribution in [0.2, 0.25) is 13.3 Å². The normalized spacial score (nSPS) is 11.4. The zero-order valence-corrected chi connectivity index (χ0v) is 18.1. The number of esters is 1. The average molecular weight is 425 g/mol. The van der Waals surface area contributed by atoms with Crippen molar-refractivity contribution in [1.82, 2.24) is 0 Å². The molecule has 0 fully saturated rings. The molecular weight excluding hydrogens is 391 g/mol. The predicted molar refractivity (Wildman–Crippen MR) is 102 cm³/mol. The number of unbranched alkanes of at least 4 members (excludes halogenated alkanes) is 3. The summed E-state index contributed by atoms with van der Waals surface area (Å²) < 4.78 is 10.8. The molecule has 1 aromatic carbocycles. The second-order valence-electron chi connectivity index (χ2n) is 6.75. The van der Waals surface area contributed by atoms with Crippen LogP contribution in [0.25, 0.3) is 0 Å². The van der Waals surface area contributed by atoms with Crippen LogP contribution < -0.4 is 0 Å². The van der Waals surface area contributed by atoms with Crippen molar-refractivity contribution in [2.24, 2.45) is 0 Å². The van der Waals surface area contributed by atoms with E-state index in [1.54, 1.807) is 0 Å². The first-order chi connectivity index (χ1) is 11.2. The molecule has 0 aromatic heterocycles. The summed E-state index contributed by atoms with van der Waals surface area (Å²) in [7, 11) is 0. The van der Waals surface area contributed by atoms with Gasteiger partial charge in [-0.05, 0) is 0 Å². The maximum atomic E-state index is 12.3. The van der Waals surface area contributed by atoms with Crippen molar-refractivity contribution in [3.05, 3.63) is 35.9 Å². The van der Waals surface area contributed by atoms with Crippen LogP contribution in [0.3, 0.4) is 0 Å². The van der Waals surface area contributed by atoms with Crippen LogP contribution in [0.5, 0.6) is 0 Å². The van der Waals surface area contributed by atoms with E-state index >= 15 is 0 Å². The van der Waals surface area contributed by atoms with E-state index in [-0.39, 0.29) is 5.97 Å². The van der Waals surface area contributed by atoms with Crippen molar-refractivity contribution in [2.45, 2.75) is 72.6 Å². The summed E-state index contributed by atoms with van der Waals surface area (Å²) in [4.78, 5) is 12.3. The van der Waals surface area contributed by atoms with Gasteiger partial charge in [0.2, 0.25) is 0 Å². The number of hydrogen-bond donors (Lipinski definition) is 0. The molecule has 0 saturated carbocycles. The number of rotatable bonds is 12. The Morgan fingerprint density at radius 2 is 1.35 bits per heavy atom. The van der Waals surface area contributed by atoms with Crippen LogP contribution in [0.15, 0.2) is 30.3 Å². The predicted octanol–water partition coefficient (Wildman–Crippen LogP) is 6.23. The SMILES string of the molecule is CCC[CH2][Sn]([CH2]CCC)([CH2]CCC)[CH2]OC(=O)c1ccccc1. The summed E-state index contributed by atoms with van der Waals surface area (Å²) in [5, 5.41) is 0. The molecular formula is C20H34O2Sn. The molecule has 0 bridgehead atoms. The van der Waals surface area contributed by atoms with Crippen molar-refractivity contribution in [3.63, 3.8) is 0 Å². The molecule has 2 nitrogen and oxygen atoms in total. The van der Waals surface area contributed by atoms with Gasteiger partial charge in [0.05, 0.1) is 0 Å². The average Bonchev–Trinajstić information content (AvgIpc) is 2.61. The molecule has 0 atom stereocenters. The summed E-state index contributed by atoms with van der Waals surface area (Å²) in [6, 6.07) is 9.44. The number of carbonyl (C=O) groups excluding carboxylic acids is 1. The van der Waals surface area contributed by atoms with Gasteiger partial charge in [-0.1, -0.05) is 0 Å². The first-order valence-electron chi connectivity index (χ1n) is 9.39. The quantitative estimate of drug-likeness (QED) is 0.293. The maximum absolute atomic E-state index is 12.3. The first kappa shape index (κ1) is 20.5. The Labute approximate surface area is 146 Å². The van der Waals surface area contributed by atoms with Gasteiger partial charge in [0.1, 0.15) is 0 Å². The van der Waals surface area contributed by atoms with Crippen LogP contribution in [0.1, 0.15) is 69.7 Å². The number of carbonyl (C=O) groups is 1. The van der Waals surface area contributed by atoms with Crippen molar-refractivity contribution in [1.29, 1.82) is 0 Å². The third-order valence-corrected chi connectivity index (χ3v) is 19.0. The molecule has 0 spiro atoms. The molecule has 0 saturated heterocycles. The first-order valence-corrected chi connectivity index (χ1v) is 17.5. The standard InChI is InChI=1S/C8H7O2.3C4H9.Sn/c1-10-8(9)7-5-3-2-4-6-7;3*1-3-4-2;/h2-6H,1H2;3*1,3-4H2,2H3;. The van der Waals surface area contributed by atoms with Crippen LogP contribution >= 0.6 is 0 Å². The Morgan fingerprint density at radius 1 is 0.870 bits per heavy atom. The van der Waals surface area contributed by atoms with E-state index < -0.39 is 18.4 Å². The van der Waals surface area contributed by atoms with Gasteiger partial charge >= 0.3 is 147 Å². The van der Waals surface area contributed by atoms with E-state index in [0.29, 0.717) is 5.56 Å². The van der Waals surface area contributed by atoms with Crippen molar-refractivity contribution < 1.29 is 9.53 Å².